The van der Waals surface area contributed by atoms with Crippen LogP contribution in [0.15, 0.2) is 24.3 Å². The third kappa shape index (κ3) is 4.22. The van der Waals surface area contributed by atoms with Crippen molar-refractivity contribution in [2.45, 2.75) is 31.7 Å². The molecule has 1 aromatic rings. The molecule has 2 saturated heterocycles. The molecule has 0 atom stereocenters. The molecule has 1 aromatic carbocycles. The van der Waals surface area contributed by atoms with Crippen LogP contribution in [0.5, 0.6) is 5.75 Å². The Labute approximate surface area is 136 Å². The van der Waals surface area contributed by atoms with E-state index in [9.17, 15) is 9.59 Å². The summed E-state index contributed by atoms with van der Waals surface area (Å²) in [6.45, 7) is 2.63. The number of ether oxygens (including phenoxy) is 1. The topological polar surface area (TPSA) is 70.7 Å². The minimum atomic E-state index is -0.0976. The molecule has 2 heterocycles. The predicted octanol–water partition coefficient (Wildman–Crippen LogP) is 1.06. The summed E-state index contributed by atoms with van der Waals surface area (Å²) in [6.07, 6.45) is 3.41. The number of carbonyl (C=O) groups is 2. The lowest BCUT2D eigenvalue weighted by Crippen LogP contribution is -2.44. The third-order valence-electron chi connectivity index (χ3n) is 4.28. The molecule has 6 heteroatoms. The highest BCUT2D eigenvalue weighted by molar-refractivity contribution is 5.95. The summed E-state index contributed by atoms with van der Waals surface area (Å²) in [5.74, 6) is 0.660. The first-order chi connectivity index (χ1) is 11.2. The quantitative estimate of drug-likeness (QED) is 0.852. The molecule has 2 amide bonds. The van der Waals surface area contributed by atoms with Gasteiger partial charge in [0.1, 0.15) is 5.75 Å². The fraction of sp³-hybridized carbons (Fsp3) is 0.529. The van der Waals surface area contributed by atoms with Crippen LogP contribution >= 0.6 is 0 Å². The second-order valence-electron chi connectivity index (χ2n) is 6.03. The second-order valence-corrected chi connectivity index (χ2v) is 6.03. The van der Waals surface area contributed by atoms with Crippen molar-refractivity contribution in [1.82, 2.24) is 10.6 Å². The molecule has 2 aliphatic heterocycles. The Balaban J connectivity index is 1.51. The standard InChI is InChI=1S/C17H23N3O3/c21-16(19-13-6-8-18-9-7-13)12-23-15-4-1-3-14(11-15)20-10-2-5-17(20)22/h1,3-4,11,13,18H,2,5-10,12H2,(H,19,21). The van der Waals surface area contributed by atoms with Gasteiger partial charge in [0.2, 0.25) is 5.91 Å². The van der Waals surface area contributed by atoms with E-state index in [0.717, 1.165) is 44.6 Å². The Bertz CT molecular complexity index is 570. The minimum absolute atomic E-state index is 0.00132. The van der Waals surface area contributed by atoms with Gasteiger partial charge in [-0.2, -0.15) is 0 Å². The average Bonchev–Trinajstić information content (AvgIpc) is 3.00. The highest BCUT2D eigenvalue weighted by atomic mass is 16.5. The van der Waals surface area contributed by atoms with Crippen molar-refractivity contribution in [1.29, 1.82) is 0 Å². The lowest BCUT2D eigenvalue weighted by molar-refractivity contribution is -0.124. The van der Waals surface area contributed by atoms with Crippen LogP contribution < -0.4 is 20.3 Å². The smallest absolute Gasteiger partial charge is 0.258 e. The molecule has 2 N–H and O–H groups in total. The van der Waals surface area contributed by atoms with Crippen LogP contribution in [0.1, 0.15) is 25.7 Å². The molecule has 0 bridgehead atoms. The number of nitrogens with one attached hydrogen (secondary N) is 2. The van der Waals surface area contributed by atoms with Gasteiger partial charge in [0.05, 0.1) is 0 Å². The highest BCUT2D eigenvalue weighted by Gasteiger charge is 2.22. The van der Waals surface area contributed by atoms with Gasteiger partial charge in [0, 0.05) is 30.8 Å². The van der Waals surface area contributed by atoms with Gasteiger partial charge in [0.25, 0.3) is 5.91 Å². The number of benzene rings is 1. The summed E-state index contributed by atoms with van der Waals surface area (Å²) < 4.78 is 5.58. The fourth-order valence-electron chi connectivity index (χ4n) is 3.05. The summed E-state index contributed by atoms with van der Waals surface area (Å²) in [6, 6.07) is 7.61. The predicted molar refractivity (Wildman–Crippen MR) is 87.6 cm³/mol. The van der Waals surface area contributed by atoms with Crippen molar-refractivity contribution >= 4 is 17.5 Å². The van der Waals surface area contributed by atoms with Crippen molar-refractivity contribution in [3.05, 3.63) is 24.3 Å². The monoisotopic (exact) mass is 317 g/mol. The van der Waals surface area contributed by atoms with E-state index in [1.165, 1.54) is 0 Å². The SMILES string of the molecule is O=C(COc1cccc(N2CCCC2=O)c1)NC1CCNCC1. The molecule has 0 saturated carbocycles. The molecule has 124 valence electrons. The largest absolute Gasteiger partial charge is 0.484 e. The third-order valence-corrected chi connectivity index (χ3v) is 4.28. The van der Waals surface area contributed by atoms with Gasteiger partial charge in [-0.15, -0.1) is 0 Å². The number of amides is 2. The Morgan fingerprint density at radius 3 is 2.91 bits per heavy atom. The molecule has 0 spiro atoms. The molecule has 23 heavy (non-hydrogen) atoms. The van der Waals surface area contributed by atoms with E-state index in [2.05, 4.69) is 10.6 Å². The lowest BCUT2D eigenvalue weighted by Gasteiger charge is -2.23. The van der Waals surface area contributed by atoms with Crippen molar-refractivity contribution in [2.24, 2.45) is 0 Å². The first kappa shape index (κ1) is 15.8. The maximum atomic E-state index is 12.0. The van der Waals surface area contributed by atoms with Crippen LogP contribution in [-0.4, -0.2) is 44.1 Å². The highest BCUT2D eigenvalue weighted by Crippen LogP contribution is 2.25. The van der Waals surface area contributed by atoms with E-state index in [1.54, 1.807) is 4.90 Å². The van der Waals surface area contributed by atoms with Crippen LogP contribution in [0.2, 0.25) is 0 Å². The Kier molecular flexibility index (Phi) is 5.12. The van der Waals surface area contributed by atoms with E-state index in [1.807, 2.05) is 24.3 Å². The van der Waals surface area contributed by atoms with Crippen molar-refractivity contribution in [2.75, 3.05) is 31.1 Å². The minimum Gasteiger partial charge on any atom is -0.484 e. The normalized spacial score (nSPS) is 19.0. The first-order valence-corrected chi connectivity index (χ1v) is 8.26. The summed E-state index contributed by atoms with van der Waals surface area (Å²) in [5, 5.41) is 6.26. The lowest BCUT2D eigenvalue weighted by atomic mass is 10.1. The molecule has 2 fully saturated rings. The Hall–Kier alpha value is -2.08. The van der Waals surface area contributed by atoms with Gasteiger partial charge in [-0.25, -0.2) is 0 Å². The van der Waals surface area contributed by atoms with Gasteiger partial charge >= 0.3 is 0 Å². The molecular weight excluding hydrogens is 294 g/mol. The zero-order valence-corrected chi connectivity index (χ0v) is 13.2. The van der Waals surface area contributed by atoms with Crippen molar-refractivity contribution in [3.8, 4) is 5.75 Å². The van der Waals surface area contributed by atoms with Crippen LogP contribution in [0, 0.1) is 0 Å². The number of carbonyl (C=O) groups excluding carboxylic acids is 2. The van der Waals surface area contributed by atoms with Crippen molar-refractivity contribution in [3.63, 3.8) is 0 Å². The number of rotatable bonds is 5. The van der Waals surface area contributed by atoms with Crippen LogP contribution in [0.25, 0.3) is 0 Å². The van der Waals surface area contributed by atoms with Gasteiger partial charge < -0.3 is 20.3 Å². The summed E-state index contributed by atoms with van der Waals surface area (Å²) >= 11 is 0. The first-order valence-electron chi connectivity index (χ1n) is 8.26. The molecule has 2 aliphatic rings. The summed E-state index contributed by atoms with van der Waals surface area (Å²) in [7, 11) is 0. The van der Waals surface area contributed by atoms with Gasteiger partial charge in [0.15, 0.2) is 6.61 Å². The summed E-state index contributed by atoms with van der Waals surface area (Å²) in [5.41, 5.74) is 0.837. The number of piperidine rings is 1. The van der Waals surface area contributed by atoms with Crippen LogP contribution in [0.3, 0.4) is 0 Å². The van der Waals surface area contributed by atoms with Gasteiger partial charge in [-0.3, -0.25) is 9.59 Å². The fourth-order valence-corrected chi connectivity index (χ4v) is 3.05. The van der Waals surface area contributed by atoms with Crippen molar-refractivity contribution < 1.29 is 14.3 Å². The molecule has 6 nitrogen and oxygen atoms in total. The maximum absolute atomic E-state index is 12.0. The number of hydrogen-bond donors (Lipinski definition) is 2. The summed E-state index contributed by atoms with van der Waals surface area (Å²) in [4.78, 5) is 25.5. The Morgan fingerprint density at radius 1 is 1.35 bits per heavy atom. The zero-order chi connectivity index (χ0) is 16.1. The van der Waals surface area contributed by atoms with E-state index < -0.39 is 0 Å². The molecule has 0 unspecified atom stereocenters. The molecule has 0 radical (unpaired) electrons. The second kappa shape index (κ2) is 7.46. The average molecular weight is 317 g/mol. The molecule has 0 aliphatic carbocycles. The van der Waals surface area contributed by atoms with Crippen LogP contribution in [0.4, 0.5) is 5.69 Å². The van der Waals surface area contributed by atoms with Gasteiger partial charge in [-0.1, -0.05) is 6.07 Å². The van der Waals surface area contributed by atoms with E-state index in [4.69, 9.17) is 4.74 Å². The molecular formula is C17H23N3O3. The number of nitrogens with zero attached hydrogens (tertiary/aromatic N) is 1. The Morgan fingerprint density at radius 2 is 2.17 bits per heavy atom. The number of anilines is 1. The number of hydrogen-bond acceptors (Lipinski definition) is 4. The molecule has 3 rings (SSSR count). The maximum Gasteiger partial charge on any atom is 0.258 e. The zero-order valence-electron chi connectivity index (χ0n) is 13.2. The van der Waals surface area contributed by atoms with Gasteiger partial charge in [-0.05, 0) is 44.5 Å². The van der Waals surface area contributed by atoms with E-state index in [0.29, 0.717) is 12.2 Å². The molecule has 0 aromatic heterocycles. The van der Waals surface area contributed by atoms with E-state index >= 15 is 0 Å². The van der Waals surface area contributed by atoms with E-state index in [-0.39, 0.29) is 24.5 Å². The van der Waals surface area contributed by atoms with Crippen LogP contribution in [-0.2, 0) is 9.59 Å².